The minimum absolute atomic E-state index is 0.769. The molecule has 0 bridgehead atoms. The van der Waals surface area contributed by atoms with E-state index in [1.165, 1.54) is 37.2 Å². The Labute approximate surface area is 186 Å². The fourth-order valence-electron chi connectivity index (χ4n) is 4.42. The first-order valence-corrected chi connectivity index (χ1v) is 11.3. The van der Waals surface area contributed by atoms with Gasteiger partial charge < -0.3 is 14.2 Å². The van der Waals surface area contributed by atoms with Gasteiger partial charge in [0.2, 0.25) is 0 Å². The summed E-state index contributed by atoms with van der Waals surface area (Å²) >= 11 is 0. The zero-order chi connectivity index (χ0) is 21.5. The van der Waals surface area contributed by atoms with Crippen molar-refractivity contribution in [3.8, 4) is 11.6 Å². The van der Waals surface area contributed by atoms with Gasteiger partial charge in [-0.3, -0.25) is 4.90 Å². The molecule has 1 saturated heterocycles. The molecular weight excluding hydrogens is 384 g/mol. The first kappa shape index (κ1) is 21.6. The third kappa shape index (κ3) is 5.96. The highest BCUT2D eigenvalue weighted by atomic mass is 16.5. The number of benzene rings is 1. The Morgan fingerprint density at radius 3 is 2.55 bits per heavy atom. The lowest BCUT2D eigenvalue weighted by molar-refractivity contribution is 0.155. The van der Waals surface area contributed by atoms with Gasteiger partial charge >= 0.3 is 0 Å². The fourth-order valence-corrected chi connectivity index (χ4v) is 4.42. The van der Waals surface area contributed by atoms with E-state index in [0.717, 1.165) is 43.5 Å². The van der Waals surface area contributed by atoms with Crippen LogP contribution >= 0.6 is 0 Å². The van der Waals surface area contributed by atoms with Gasteiger partial charge in [-0.25, -0.2) is 4.98 Å². The van der Waals surface area contributed by atoms with Gasteiger partial charge in [-0.15, -0.1) is 0 Å². The molecule has 5 nitrogen and oxygen atoms in total. The molecule has 4 rings (SSSR count). The summed E-state index contributed by atoms with van der Waals surface area (Å²) in [6.07, 6.45) is 7.60. The van der Waals surface area contributed by atoms with E-state index < -0.39 is 0 Å². The second kappa shape index (κ2) is 10.6. The number of rotatable bonds is 9. The lowest BCUT2D eigenvalue weighted by atomic mass is 9.96. The number of ether oxygens (including phenoxy) is 1. The Balaban J connectivity index is 1.46. The second-order valence-corrected chi connectivity index (χ2v) is 8.64. The second-order valence-electron chi connectivity index (χ2n) is 8.64. The van der Waals surface area contributed by atoms with Gasteiger partial charge in [0.1, 0.15) is 11.6 Å². The predicted octanol–water partition coefficient (Wildman–Crippen LogP) is 4.27. The van der Waals surface area contributed by atoms with Crippen LogP contribution in [0.25, 0.3) is 5.82 Å². The van der Waals surface area contributed by atoms with Crippen LogP contribution in [0.15, 0.2) is 67.0 Å². The minimum Gasteiger partial charge on any atom is -0.497 e. The van der Waals surface area contributed by atoms with Crippen LogP contribution in [-0.2, 0) is 13.0 Å². The molecule has 1 aromatic carbocycles. The fraction of sp³-hybridized carbons (Fsp3) is 0.423. The van der Waals surface area contributed by atoms with Gasteiger partial charge in [0.25, 0.3) is 0 Å². The zero-order valence-electron chi connectivity index (χ0n) is 18.8. The number of hydrogen-bond acceptors (Lipinski definition) is 4. The van der Waals surface area contributed by atoms with Gasteiger partial charge in [-0.1, -0.05) is 18.2 Å². The number of pyridine rings is 1. The van der Waals surface area contributed by atoms with E-state index in [1.807, 2.05) is 18.3 Å². The van der Waals surface area contributed by atoms with Crippen molar-refractivity contribution in [2.75, 3.05) is 40.3 Å². The Kier molecular flexibility index (Phi) is 7.39. The molecule has 1 aliphatic heterocycles. The molecule has 3 aromatic rings. The maximum atomic E-state index is 5.31. The van der Waals surface area contributed by atoms with Crippen molar-refractivity contribution in [3.63, 3.8) is 0 Å². The van der Waals surface area contributed by atoms with E-state index in [2.05, 4.69) is 75.1 Å². The van der Waals surface area contributed by atoms with E-state index in [4.69, 9.17) is 4.74 Å². The van der Waals surface area contributed by atoms with Gasteiger partial charge in [0, 0.05) is 37.7 Å². The molecule has 2 aromatic heterocycles. The van der Waals surface area contributed by atoms with E-state index in [9.17, 15) is 0 Å². The molecular formula is C26H34N4O. The number of methoxy groups -OCH3 is 1. The Morgan fingerprint density at radius 1 is 1.03 bits per heavy atom. The Morgan fingerprint density at radius 2 is 1.84 bits per heavy atom. The van der Waals surface area contributed by atoms with E-state index in [0.29, 0.717) is 0 Å². The summed E-state index contributed by atoms with van der Waals surface area (Å²) in [6.45, 7) is 5.55. The zero-order valence-corrected chi connectivity index (χ0v) is 18.8. The molecule has 0 atom stereocenters. The number of aromatic nitrogens is 2. The van der Waals surface area contributed by atoms with E-state index in [-0.39, 0.29) is 0 Å². The summed E-state index contributed by atoms with van der Waals surface area (Å²) in [4.78, 5) is 9.63. The van der Waals surface area contributed by atoms with Gasteiger partial charge in [-0.2, -0.15) is 0 Å². The van der Waals surface area contributed by atoms with Crippen molar-refractivity contribution in [1.82, 2.24) is 19.4 Å². The standard InChI is InChI=1S/C26H34N4O/c1-28-17-12-23(13-18-28)20-29(19-14-22-8-10-25(31-2)11-9-22)21-24-6-5-16-30(24)26-7-3-4-15-27-26/h3-11,15-16,23H,12-14,17-21H2,1-2H3. The Hall–Kier alpha value is -2.63. The van der Waals surface area contributed by atoms with Crippen LogP contribution in [-0.4, -0.2) is 59.7 Å². The topological polar surface area (TPSA) is 33.5 Å². The average Bonchev–Trinajstić information content (AvgIpc) is 3.28. The van der Waals surface area contributed by atoms with Crippen LogP contribution in [0.4, 0.5) is 0 Å². The number of likely N-dealkylation sites (tertiary alicyclic amines) is 1. The van der Waals surface area contributed by atoms with Gasteiger partial charge in [-0.05, 0) is 87.3 Å². The summed E-state index contributed by atoms with van der Waals surface area (Å²) < 4.78 is 7.52. The van der Waals surface area contributed by atoms with Crippen molar-refractivity contribution in [3.05, 3.63) is 78.2 Å². The van der Waals surface area contributed by atoms with Crippen LogP contribution < -0.4 is 4.74 Å². The van der Waals surface area contributed by atoms with Crippen molar-refractivity contribution in [2.45, 2.75) is 25.8 Å². The first-order chi connectivity index (χ1) is 15.2. The van der Waals surface area contributed by atoms with Crippen molar-refractivity contribution in [2.24, 2.45) is 5.92 Å². The summed E-state index contributed by atoms with van der Waals surface area (Å²) in [6, 6.07) is 18.9. The van der Waals surface area contributed by atoms with E-state index in [1.54, 1.807) is 7.11 Å². The molecule has 1 fully saturated rings. The van der Waals surface area contributed by atoms with Crippen molar-refractivity contribution in [1.29, 1.82) is 0 Å². The monoisotopic (exact) mass is 418 g/mol. The molecule has 0 aliphatic carbocycles. The molecule has 0 spiro atoms. The molecule has 0 N–H and O–H groups in total. The lowest BCUT2D eigenvalue weighted by Crippen LogP contribution is -2.38. The third-order valence-electron chi connectivity index (χ3n) is 6.35. The molecule has 164 valence electrons. The molecule has 5 heteroatoms. The Bertz CT molecular complexity index is 914. The summed E-state index contributed by atoms with van der Waals surface area (Å²) in [5.74, 6) is 2.67. The maximum Gasteiger partial charge on any atom is 0.136 e. The highest BCUT2D eigenvalue weighted by molar-refractivity contribution is 5.28. The van der Waals surface area contributed by atoms with Crippen LogP contribution in [0.2, 0.25) is 0 Å². The molecule has 1 aliphatic rings. The van der Waals surface area contributed by atoms with Crippen molar-refractivity contribution < 1.29 is 4.74 Å². The summed E-state index contributed by atoms with van der Waals surface area (Å²) in [7, 11) is 3.95. The number of hydrogen-bond donors (Lipinski definition) is 0. The summed E-state index contributed by atoms with van der Waals surface area (Å²) in [5, 5.41) is 0. The molecule has 0 radical (unpaired) electrons. The van der Waals surface area contributed by atoms with E-state index >= 15 is 0 Å². The average molecular weight is 419 g/mol. The molecule has 0 saturated carbocycles. The molecule has 31 heavy (non-hydrogen) atoms. The van der Waals surface area contributed by atoms with Crippen LogP contribution in [0.5, 0.6) is 5.75 Å². The molecule has 3 heterocycles. The van der Waals surface area contributed by atoms with Gasteiger partial charge in [0.05, 0.1) is 7.11 Å². The van der Waals surface area contributed by atoms with Crippen LogP contribution in [0.3, 0.4) is 0 Å². The number of piperidine rings is 1. The highest BCUT2D eigenvalue weighted by Gasteiger charge is 2.20. The smallest absolute Gasteiger partial charge is 0.136 e. The normalized spacial score (nSPS) is 15.5. The molecule has 0 unspecified atom stereocenters. The largest absolute Gasteiger partial charge is 0.497 e. The number of nitrogens with zero attached hydrogens (tertiary/aromatic N) is 4. The quantitative estimate of drug-likeness (QED) is 0.520. The van der Waals surface area contributed by atoms with Crippen molar-refractivity contribution >= 4 is 0 Å². The molecule has 0 amide bonds. The SMILES string of the molecule is COc1ccc(CCN(Cc2cccn2-c2ccccn2)CC2CCN(C)CC2)cc1. The third-order valence-corrected chi connectivity index (χ3v) is 6.35. The van der Waals surface area contributed by atoms with Gasteiger partial charge in [0.15, 0.2) is 0 Å². The van der Waals surface area contributed by atoms with Crippen LogP contribution in [0, 0.1) is 5.92 Å². The first-order valence-electron chi connectivity index (χ1n) is 11.3. The minimum atomic E-state index is 0.769. The highest BCUT2D eigenvalue weighted by Crippen LogP contribution is 2.20. The van der Waals surface area contributed by atoms with Crippen LogP contribution in [0.1, 0.15) is 24.1 Å². The lowest BCUT2D eigenvalue weighted by Gasteiger charge is -2.33. The maximum absolute atomic E-state index is 5.31. The predicted molar refractivity (Wildman–Crippen MR) is 126 cm³/mol. The summed E-state index contributed by atoms with van der Waals surface area (Å²) in [5.41, 5.74) is 2.65.